The van der Waals surface area contributed by atoms with Crippen LogP contribution < -0.4 is 10.6 Å². The van der Waals surface area contributed by atoms with Crippen LogP contribution in [0, 0.1) is 23.2 Å². The van der Waals surface area contributed by atoms with Gasteiger partial charge in [0.15, 0.2) is 0 Å². The molecule has 0 aliphatic heterocycles. The summed E-state index contributed by atoms with van der Waals surface area (Å²) >= 11 is 5.86. The van der Waals surface area contributed by atoms with Crippen molar-refractivity contribution in [2.24, 2.45) is 23.2 Å². The number of amides is 2. The van der Waals surface area contributed by atoms with Crippen LogP contribution in [-0.4, -0.2) is 17.9 Å². The van der Waals surface area contributed by atoms with E-state index in [0.717, 1.165) is 23.3 Å². The smallest absolute Gasteiger partial charge is 0.309 e. The third-order valence-electron chi connectivity index (χ3n) is 6.92. The molecule has 1 aromatic carbocycles. The molecule has 0 spiro atoms. The maximum atomic E-state index is 12.4. The third-order valence-corrected chi connectivity index (χ3v) is 7.18. The first kappa shape index (κ1) is 17.8. The van der Waals surface area contributed by atoms with E-state index >= 15 is 0 Å². The predicted molar refractivity (Wildman–Crippen MR) is 102 cm³/mol. The zero-order valence-electron chi connectivity index (χ0n) is 15.3. The first-order chi connectivity index (χ1) is 12.4. The Kier molecular flexibility index (Phi) is 4.72. The normalized spacial score (nSPS) is 32.9. The predicted octanol–water partition coefficient (Wildman–Crippen LogP) is 3.68. The van der Waals surface area contributed by atoms with E-state index in [1.807, 2.05) is 12.1 Å². The van der Waals surface area contributed by atoms with Crippen LogP contribution in [-0.2, 0) is 16.1 Å². The van der Waals surface area contributed by atoms with Crippen LogP contribution in [0.3, 0.4) is 0 Å². The first-order valence-corrected chi connectivity index (χ1v) is 10.1. The van der Waals surface area contributed by atoms with Crippen molar-refractivity contribution in [1.29, 1.82) is 0 Å². The molecule has 1 unspecified atom stereocenters. The van der Waals surface area contributed by atoms with Gasteiger partial charge in [0.1, 0.15) is 0 Å². The maximum absolute atomic E-state index is 12.4. The molecule has 4 nitrogen and oxygen atoms in total. The van der Waals surface area contributed by atoms with Crippen molar-refractivity contribution in [2.75, 3.05) is 0 Å². The summed E-state index contributed by atoms with van der Waals surface area (Å²) in [6.07, 6.45) is 7.77. The molecule has 0 radical (unpaired) electrons. The van der Waals surface area contributed by atoms with E-state index in [2.05, 4.69) is 17.6 Å². The van der Waals surface area contributed by atoms with Gasteiger partial charge in [0, 0.05) is 17.6 Å². The molecule has 4 saturated carbocycles. The number of hydrogen-bond donors (Lipinski definition) is 2. The van der Waals surface area contributed by atoms with Gasteiger partial charge in [-0.1, -0.05) is 23.7 Å². The van der Waals surface area contributed by atoms with Gasteiger partial charge >= 0.3 is 11.8 Å². The second-order valence-corrected chi connectivity index (χ2v) is 9.22. The van der Waals surface area contributed by atoms with Gasteiger partial charge in [-0.25, -0.2) is 0 Å². The minimum atomic E-state index is -0.559. The molecule has 5 heteroatoms. The molecule has 1 aromatic rings. The minimum Gasteiger partial charge on any atom is -0.345 e. The summed E-state index contributed by atoms with van der Waals surface area (Å²) in [5.41, 5.74) is 1.13. The van der Waals surface area contributed by atoms with Crippen LogP contribution in [0.5, 0.6) is 0 Å². The fourth-order valence-corrected chi connectivity index (χ4v) is 6.11. The number of benzene rings is 1. The molecule has 4 fully saturated rings. The Morgan fingerprint density at radius 3 is 2.12 bits per heavy atom. The molecule has 5 rings (SSSR count). The monoisotopic (exact) mass is 374 g/mol. The molecule has 0 heterocycles. The van der Waals surface area contributed by atoms with Crippen LogP contribution >= 0.6 is 11.6 Å². The van der Waals surface area contributed by atoms with E-state index < -0.39 is 11.8 Å². The maximum Gasteiger partial charge on any atom is 0.309 e. The number of carbonyl (C=O) groups excluding carboxylic acids is 2. The molecule has 26 heavy (non-hydrogen) atoms. The Labute approximate surface area is 160 Å². The van der Waals surface area contributed by atoms with E-state index in [0.29, 0.717) is 11.6 Å². The molecule has 0 saturated heterocycles. The summed E-state index contributed by atoms with van der Waals surface area (Å²) in [5.74, 6) is 1.43. The Morgan fingerprint density at radius 2 is 1.58 bits per heavy atom. The van der Waals surface area contributed by atoms with E-state index in [9.17, 15) is 9.59 Å². The fourth-order valence-electron chi connectivity index (χ4n) is 5.99. The van der Waals surface area contributed by atoms with E-state index in [4.69, 9.17) is 11.6 Å². The molecule has 2 amide bonds. The average molecular weight is 375 g/mol. The quantitative estimate of drug-likeness (QED) is 0.790. The fraction of sp³-hybridized carbons (Fsp3) is 0.619. The van der Waals surface area contributed by atoms with Crippen molar-refractivity contribution in [3.63, 3.8) is 0 Å². The summed E-state index contributed by atoms with van der Waals surface area (Å²) in [6.45, 7) is 2.42. The number of nitrogens with one attached hydrogen (secondary N) is 2. The molecule has 0 aromatic heterocycles. The molecule has 2 N–H and O–H groups in total. The van der Waals surface area contributed by atoms with Crippen LogP contribution in [0.15, 0.2) is 24.3 Å². The number of hydrogen-bond acceptors (Lipinski definition) is 2. The lowest BCUT2D eigenvalue weighted by molar-refractivity contribution is -0.141. The molecule has 4 aliphatic carbocycles. The van der Waals surface area contributed by atoms with Gasteiger partial charge in [0.2, 0.25) is 0 Å². The van der Waals surface area contributed by atoms with E-state index in [1.54, 1.807) is 12.1 Å². The highest BCUT2D eigenvalue weighted by Crippen LogP contribution is 2.61. The van der Waals surface area contributed by atoms with Gasteiger partial charge < -0.3 is 10.6 Å². The van der Waals surface area contributed by atoms with Gasteiger partial charge in [-0.15, -0.1) is 0 Å². The first-order valence-electron chi connectivity index (χ1n) is 9.77. The van der Waals surface area contributed by atoms with Crippen LogP contribution in [0.1, 0.15) is 51.0 Å². The lowest BCUT2D eigenvalue weighted by Crippen LogP contribution is -2.57. The minimum absolute atomic E-state index is 0.0599. The lowest BCUT2D eigenvalue weighted by Gasteiger charge is -2.59. The highest BCUT2D eigenvalue weighted by molar-refractivity contribution is 6.35. The van der Waals surface area contributed by atoms with Crippen molar-refractivity contribution in [2.45, 2.75) is 58.0 Å². The third kappa shape index (κ3) is 3.48. The SMILES string of the molecule is CC(NC(=O)C(=O)NCc1ccc(Cl)cc1)C12CC3CC(CC(C3)C1)C2. The van der Waals surface area contributed by atoms with Crippen LogP contribution in [0.4, 0.5) is 0 Å². The highest BCUT2D eigenvalue weighted by atomic mass is 35.5. The molecular weight excluding hydrogens is 348 g/mol. The Morgan fingerprint density at radius 1 is 1.04 bits per heavy atom. The number of carbonyl (C=O) groups is 2. The Bertz CT molecular complexity index is 665. The topological polar surface area (TPSA) is 58.2 Å². The van der Waals surface area contributed by atoms with Crippen molar-refractivity contribution in [3.8, 4) is 0 Å². The summed E-state index contributed by atoms with van der Waals surface area (Å²) in [6, 6.07) is 7.30. The summed E-state index contributed by atoms with van der Waals surface area (Å²) in [5, 5.41) is 6.37. The van der Waals surface area contributed by atoms with Gasteiger partial charge in [-0.2, -0.15) is 0 Å². The standard InChI is InChI=1S/C21H27ClN2O2/c1-13(21-9-15-6-16(10-21)8-17(7-15)11-21)24-20(26)19(25)23-12-14-2-4-18(22)5-3-14/h2-5,13,15-17H,6-12H2,1H3,(H,23,25)(H,24,26). The van der Waals surface area contributed by atoms with Crippen molar-refractivity contribution in [1.82, 2.24) is 10.6 Å². The molecule has 140 valence electrons. The van der Waals surface area contributed by atoms with E-state index in [-0.39, 0.29) is 11.5 Å². The van der Waals surface area contributed by atoms with Crippen molar-refractivity contribution < 1.29 is 9.59 Å². The zero-order chi connectivity index (χ0) is 18.3. The number of rotatable bonds is 4. The van der Waals surface area contributed by atoms with Crippen molar-refractivity contribution >= 4 is 23.4 Å². The van der Waals surface area contributed by atoms with Gasteiger partial charge in [-0.3, -0.25) is 9.59 Å². The number of halogens is 1. The lowest BCUT2D eigenvalue weighted by atomic mass is 9.48. The van der Waals surface area contributed by atoms with Crippen LogP contribution in [0.2, 0.25) is 5.02 Å². The Hall–Kier alpha value is -1.55. The van der Waals surface area contributed by atoms with Gasteiger partial charge in [-0.05, 0) is 86.3 Å². The molecule has 4 aliphatic rings. The average Bonchev–Trinajstić information content (AvgIpc) is 2.59. The van der Waals surface area contributed by atoms with Gasteiger partial charge in [0.05, 0.1) is 0 Å². The molecule has 1 atom stereocenters. The van der Waals surface area contributed by atoms with Crippen molar-refractivity contribution in [3.05, 3.63) is 34.9 Å². The second kappa shape index (κ2) is 6.88. The largest absolute Gasteiger partial charge is 0.345 e. The Balaban J connectivity index is 1.32. The summed E-state index contributed by atoms with van der Waals surface area (Å²) in [4.78, 5) is 24.6. The zero-order valence-corrected chi connectivity index (χ0v) is 16.0. The summed E-state index contributed by atoms with van der Waals surface area (Å²) < 4.78 is 0. The molecule has 4 bridgehead atoms. The second-order valence-electron chi connectivity index (χ2n) is 8.78. The van der Waals surface area contributed by atoms with Gasteiger partial charge in [0.25, 0.3) is 0 Å². The molecular formula is C21H27ClN2O2. The summed E-state index contributed by atoms with van der Waals surface area (Å²) in [7, 11) is 0. The van der Waals surface area contributed by atoms with E-state index in [1.165, 1.54) is 38.5 Å². The highest BCUT2D eigenvalue weighted by Gasteiger charge is 2.53. The van der Waals surface area contributed by atoms with Crippen LogP contribution in [0.25, 0.3) is 0 Å².